The number of hydrogen-bond donors (Lipinski definition) is 2. The molecule has 1 saturated carbocycles. The summed E-state index contributed by atoms with van der Waals surface area (Å²) in [5.41, 5.74) is 0. The Balaban J connectivity index is 0.00000364. The van der Waals surface area contributed by atoms with Gasteiger partial charge in [-0.2, -0.15) is 0 Å². The first-order valence-electron chi connectivity index (χ1n) is 10.1. The zero-order valence-electron chi connectivity index (χ0n) is 16.9. The summed E-state index contributed by atoms with van der Waals surface area (Å²) in [6.07, 6.45) is 7.83. The Morgan fingerprint density at radius 3 is 2.48 bits per heavy atom. The quantitative estimate of drug-likeness (QED) is 0.221. The highest BCUT2D eigenvalue weighted by Crippen LogP contribution is 2.26. The molecule has 2 aliphatic rings. The Hall–Kier alpha value is -0.610. The second-order valence-corrected chi connectivity index (χ2v) is 7.18. The van der Waals surface area contributed by atoms with E-state index in [4.69, 9.17) is 9.47 Å². The van der Waals surface area contributed by atoms with Gasteiger partial charge in [0.15, 0.2) is 5.96 Å². The minimum atomic E-state index is -0.0766. The third kappa shape index (κ3) is 9.43. The molecular weight excluding hydrogens is 459 g/mol. The van der Waals surface area contributed by atoms with Crippen LogP contribution in [-0.4, -0.2) is 75.9 Å². The number of amides is 1. The molecule has 2 fully saturated rings. The lowest BCUT2D eigenvalue weighted by molar-refractivity contribution is -0.119. The largest absolute Gasteiger partial charge is 0.383 e. The normalized spacial score (nSPS) is 19.0. The van der Waals surface area contributed by atoms with Crippen molar-refractivity contribution in [2.75, 3.05) is 53.0 Å². The number of likely N-dealkylation sites (tertiary alicyclic amines) is 1. The molecule has 0 bridgehead atoms. The molecule has 2 N–H and O–H groups in total. The Kier molecular flexibility index (Phi) is 13.0. The zero-order chi connectivity index (χ0) is 18.6. The van der Waals surface area contributed by atoms with E-state index in [2.05, 4.69) is 20.5 Å². The van der Waals surface area contributed by atoms with Crippen molar-refractivity contribution in [3.05, 3.63) is 0 Å². The molecule has 27 heavy (non-hydrogen) atoms. The van der Waals surface area contributed by atoms with Gasteiger partial charge in [-0.05, 0) is 38.5 Å². The highest BCUT2D eigenvalue weighted by molar-refractivity contribution is 14.0. The van der Waals surface area contributed by atoms with Crippen LogP contribution in [0.4, 0.5) is 0 Å². The molecule has 0 unspecified atom stereocenters. The number of nitrogens with one attached hydrogen (secondary N) is 2. The van der Waals surface area contributed by atoms with Gasteiger partial charge in [0.25, 0.3) is 0 Å². The van der Waals surface area contributed by atoms with Crippen molar-refractivity contribution < 1.29 is 14.3 Å². The first-order valence-corrected chi connectivity index (χ1v) is 10.1. The minimum absolute atomic E-state index is 0. The average Bonchev–Trinajstić information content (AvgIpc) is 3.18. The van der Waals surface area contributed by atoms with Crippen LogP contribution >= 0.6 is 24.0 Å². The molecule has 1 heterocycles. The summed E-state index contributed by atoms with van der Waals surface area (Å²) < 4.78 is 11.1. The number of carbonyl (C=O) groups excluding carboxylic acids is 1. The van der Waals surface area contributed by atoms with Gasteiger partial charge in [-0.3, -0.25) is 4.79 Å². The van der Waals surface area contributed by atoms with Crippen LogP contribution in [0.1, 0.15) is 45.4 Å². The van der Waals surface area contributed by atoms with Crippen LogP contribution in [-0.2, 0) is 14.3 Å². The summed E-state index contributed by atoms with van der Waals surface area (Å²) in [5.74, 6) is 1.53. The number of aliphatic imine (C=N–C) groups is 1. The van der Waals surface area contributed by atoms with Gasteiger partial charge in [-0.15, -0.1) is 24.0 Å². The zero-order valence-corrected chi connectivity index (χ0v) is 19.2. The summed E-state index contributed by atoms with van der Waals surface area (Å²) in [6.45, 7) is 6.80. The van der Waals surface area contributed by atoms with Crippen molar-refractivity contribution in [3.63, 3.8) is 0 Å². The van der Waals surface area contributed by atoms with Gasteiger partial charge in [0.1, 0.15) is 6.54 Å². The molecule has 1 aliphatic carbocycles. The van der Waals surface area contributed by atoms with E-state index in [0.29, 0.717) is 19.3 Å². The van der Waals surface area contributed by atoms with E-state index in [1.807, 2.05) is 6.92 Å². The topological polar surface area (TPSA) is 75.2 Å². The van der Waals surface area contributed by atoms with Crippen LogP contribution < -0.4 is 10.6 Å². The van der Waals surface area contributed by atoms with Gasteiger partial charge in [0.2, 0.25) is 5.91 Å². The molecule has 1 saturated heterocycles. The molecule has 0 aromatic carbocycles. The predicted molar refractivity (Wildman–Crippen MR) is 119 cm³/mol. The standard InChI is InChI=1S/C19H36N4O3.HI/c1-3-20-19(22-14-18(24)21-10-13-25-2)23-11-8-17(9-12-23)26-15-16-6-4-5-7-16;/h16-17H,3-15H2,1-2H3,(H,20,22)(H,21,24);1H. The van der Waals surface area contributed by atoms with Crippen molar-refractivity contribution in [2.45, 2.75) is 51.6 Å². The van der Waals surface area contributed by atoms with Crippen LogP contribution in [0, 0.1) is 5.92 Å². The lowest BCUT2D eigenvalue weighted by atomic mass is 10.1. The summed E-state index contributed by atoms with van der Waals surface area (Å²) in [7, 11) is 1.62. The molecular formula is C19H37IN4O3. The second kappa shape index (κ2) is 14.4. The maximum Gasteiger partial charge on any atom is 0.241 e. The van der Waals surface area contributed by atoms with E-state index in [1.165, 1.54) is 25.7 Å². The van der Waals surface area contributed by atoms with Crippen LogP contribution in [0.5, 0.6) is 0 Å². The second-order valence-electron chi connectivity index (χ2n) is 7.18. The molecule has 158 valence electrons. The van der Waals surface area contributed by atoms with E-state index >= 15 is 0 Å². The Morgan fingerprint density at radius 1 is 1.15 bits per heavy atom. The van der Waals surface area contributed by atoms with Gasteiger partial charge in [-0.1, -0.05) is 12.8 Å². The minimum Gasteiger partial charge on any atom is -0.383 e. The first-order chi connectivity index (χ1) is 12.7. The number of nitrogens with zero attached hydrogens (tertiary/aromatic N) is 2. The maximum absolute atomic E-state index is 11.8. The van der Waals surface area contributed by atoms with Crippen molar-refractivity contribution >= 4 is 35.8 Å². The number of guanidine groups is 1. The number of piperidine rings is 1. The monoisotopic (exact) mass is 496 g/mol. The Labute approximate surface area is 181 Å². The molecule has 0 aromatic heterocycles. The van der Waals surface area contributed by atoms with Crippen molar-refractivity contribution in [2.24, 2.45) is 10.9 Å². The van der Waals surface area contributed by atoms with Crippen molar-refractivity contribution in [3.8, 4) is 0 Å². The Bertz CT molecular complexity index is 437. The molecule has 8 heteroatoms. The lowest BCUT2D eigenvalue weighted by Crippen LogP contribution is -2.47. The third-order valence-corrected chi connectivity index (χ3v) is 5.12. The van der Waals surface area contributed by atoms with Crippen molar-refractivity contribution in [1.29, 1.82) is 0 Å². The van der Waals surface area contributed by atoms with Crippen LogP contribution in [0.2, 0.25) is 0 Å². The van der Waals surface area contributed by atoms with Gasteiger partial charge in [0.05, 0.1) is 12.7 Å². The molecule has 0 radical (unpaired) electrons. The number of methoxy groups -OCH3 is 1. The molecule has 0 aromatic rings. The molecule has 0 spiro atoms. The third-order valence-electron chi connectivity index (χ3n) is 5.12. The van der Waals surface area contributed by atoms with E-state index in [-0.39, 0.29) is 36.4 Å². The Morgan fingerprint density at radius 2 is 1.85 bits per heavy atom. The van der Waals surface area contributed by atoms with Crippen molar-refractivity contribution in [1.82, 2.24) is 15.5 Å². The number of halogens is 1. The summed E-state index contributed by atoms with van der Waals surface area (Å²) in [5, 5.41) is 6.09. The number of rotatable bonds is 9. The number of carbonyl (C=O) groups is 1. The van der Waals surface area contributed by atoms with E-state index in [9.17, 15) is 4.79 Å². The SMILES string of the molecule is CCNC(=NCC(=O)NCCOC)N1CCC(OCC2CCCC2)CC1.I. The van der Waals surface area contributed by atoms with Gasteiger partial charge in [0, 0.05) is 39.9 Å². The number of hydrogen-bond acceptors (Lipinski definition) is 4. The number of ether oxygens (including phenoxy) is 2. The molecule has 1 amide bonds. The summed E-state index contributed by atoms with van der Waals surface area (Å²) in [6, 6.07) is 0. The highest BCUT2D eigenvalue weighted by Gasteiger charge is 2.24. The molecule has 0 atom stereocenters. The molecule has 7 nitrogen and oxygen atoms in total. The van der Waals surface area contributed by atoms with Crippen LogP contribution in [0.25, 0.3) is 0 Å². The van der Waals surface area contributed by atoms with Crippen LogP contribution in [0.15, 0.2) is 4.99 Å². The summed E-state index contributed by atoms with van der Waals surface area (Å²) >= 11 is 0. The van der Waals surface area contributed by atoms with Gasteiger partial charge < -0.3 is 25.0 Å². The summed E-state index contributed by atoms with van der Waals surface area (Å²) in [4.78, 5) is 18.6. The lowest BCUT2D eigenvalue weighted by Gasteiger charge is -2.34. The van der Waals surface area contributed by atoms with Gasteiger partial charge >= 0.3 is 0 Å². The van der Waals surface area contributed by atoms with Gasteiger partial charge in [-0.25, -0.2) is 4.99 Å². The first kappa shape index (κ1) is 24.4. The van der Waals surface area contributed by atoms with E-state index in [0.717, 1.165) is 51.0 Å². The van der Waals surface area contributed by atoms with E-state index < -0.39 is 0 Å². The fourth-order valence-corrected chi connectivity index (χ4v) is 3.60. The average molecular weight is 496 g/mol. The fourth-order valence-electron chi connectivity index (χ4n) is 3.60. The molecule has 1 aliphatic heterocycles. The fraction of sp³-hybridized carbons (Fsp3) is 0.895. The highest BCUT2D eigenvalue weighted by atomic mass is 127. The predicted octanol–water partition coefficient (Wildman–Crippen LogP) is 2.00. The maximum atomic E-state index is 11.8. The smallest absolute Gasteiger partial charge is 0.241 e. The van der Waals surface area contributed by atoms with Crippen LogP contribution in [0.3, 0.4) is 0 Å². The van der Waals surface area contributed by atoms with E-state index in [1.54, 1.807) is 7.11 Å². The molecule has 2 rings (SSSR count).